The van der Waals surface area contributed by atoms with Gasteiger partial charge in [0, 0.05) is 26.7 Å². The molecule has 0 aliphatic carbocycles. The third-order valence-corrected chi connectivity index (χ3v) is 3.17. The van der Waals surface area contributed by atoms with E-state index >= 15 is 0 Å². The zero-order chi connectivity index (χ0) is 12.1. The molecule has 0 saturated carbocycles. The number of piperazine rings is 1. The van der Waals surface area contributed by atoms with E-state index in [1.807, 2.05) is 13.8 Å². The van der Waals surface area contributed by atoms with Crippen molar-refractivity contribution in [3.05, 3.63) is 0 Å². The Kier molecular flexibility index (Phi) is 5.18. The van der Waals surface area contributed by atoms with Crippen LogP contribution in [0.2, 0.25) is 0 Å². The number of methoxy groups -OCH3 is 1. The van der Waals surface area contributed by atoms with Gasteiger partial charge >= 0.3 is 0 Å². The monoisotopic (exact) mass is 229 g/mol. The number of fused-ring (bicyclic) bond motifs is 1. The molecule has 2 heterocycles. The largest absolute Gasteiger partial charge is 0.380 e. The summed E-state index contributed by atoms with van der Waals surface area (Å²) in [6, 6.07) is 0.0113. The van der Waals surface area contributed by atoms with Gasteiger partial charge in [-0.3, -0.25) is 9.69 Å². The average Bonchev–Trinajstić information content (AvgIpc) is 2.76. The summed E-state index contributed by atoms with van der Waals surface area (Å²) in [5.74, 6) is 0.165. The van der Waals surface area contributed by atoms with Gasteiger partial charge in [0.25, 0.3) is 0 Å². The lowest BCUT2D eigenvalue weighted by atomic mass is 10.1. The van der Waals surface area contributed by atoms with E-state index in [4.69, 9.17) is 10.5 Å². The van der Waals surface area contributed by atoms with E-state index in [-0.39, 0.29) is 18.1 Å². The summed E-state index contributed by atoms with van der Waals surface area (Å²) in [5.41, 5.74) is 5.50. The fourth-order valence-corrected chi connectivity index (χ4v) is 2.29. The van der Waals surface area contributed by atoms with Crippen LogP contribution in [0.3, 0.4) is 0 Å². The fourth-order valence-electron chi connectivity index (χ4n) is 2.29. The van der Waals surface area contributed by atoms with Crippen LogP contribution in [-0.2, 0) is 9.53 Å². The van der Waals surface area contributed by atoms with Gasteiger partial charge in [0.15, 0.2) is 0 Å². The minimum atomic E-state index is 0.0113. The number of rotatable bonds is 2. The van der Waals surface area contributed by atoms with Crippen molar-refractivity contribution in [3.8, 4) is 0 Å². The lowest BCUT2D eigenvalue weighted by Crippen LogP contribution is -2.55. The molecule has 0 aromatic heterocycles. The van der Waals surface area contributed by atoms with Crippen molar-refractivity contribution in [1.29, 1.82) is 0 Å². The number of nitrogens with zero attached hydrogens (tertiary/aromatic N) is 2. The Balaban J connectivity index is 0.000000606. The number of amides is 1. The molecule has 94 valence electrons. The first-order valence-electron chi connectivity index (χ1n) is 6.02. The second-order valence-corrected chi connectivity index (χ2v) is 3.89. The molecule has 0 aromatic carbocycles. The predicted molar refractivity (Wildman–Crippen MR) is 62.9 cm³/mol. The highest BCUT2D eigenvalue weighted by atomic mass is 16.5. The molecule has 0 aromatic rings. The van der Waals surface area contributed by atoms with E-state index in [9.17, 15) is 4.79 Å². The Morgan fingerprint density at radius 2 is 2.12 bits per heavy atom. The summed E-state index contributed by atoms with van der Waals surface area (Å²) in [7, 11) is 1.70. The Morgan fingerprint density at radius 1 is 1.44 bits per heavy atom. The van der Waals surface area contributed by atoms with Crippen LogP contribution in [0, 0.1) is 0 Å². The van der Waals surface area contributed by atoms with Crippen LogP contribution in [0.15, 0.2) is 0 Å². The van der Waals surface area contributed by atoms with Crippen molar-refractivity contribution in [2.75, 3.05) is 33.4 Å². The second kappa shape index (κ2) is 6.18. The molecule has 2 saturated heterocycles. The summed E-state index contributed by atoms with van der Waals surface area (Å²) in [4.78, 5) is 15.8. The second-order valence-electron chi connectivity index (χ2n) is 3.89. The molecule has 16 heavy (non-hydrogen) atoms. The number of hydrogen-bond acceptors (Lipinski definition) is 4. The van der Waals surface area contributed by atoms with Gasteiger partial charge < -0.3 is 15.4 Å². The van der Waals surface area contributed by atoms with E-state index < -0.39 is 0 Å². The van der Waals surface area contributed by atoms with Crippen molar-refractivity contribution in [1.82, 2.24) is 9.80 Å². The quantitative estimate of drug-likeness (QED) is 0.716. The standard InChI is InChI=1S/C9H17N3O2.C2H6/c1-14-7-4-8-9(13)12(6-10)3-2-11(8)5-7;1-2/h7-8H,2-6,10H2,1H3;1-2H3. The van der Waals surface area contributed by atoms with Crippen molar-refractivity contribution in [2.45, 2.75) is 32.4 Å². The molecular weight excluding hydrogens is 206 g/mol. The molecule has 0 bridgehead atoms. The minimum Gasteiger partial charge on any atom is -0.380 e. The number of hydrogen-bond donors (Lipinski definition) is 1. The maximum Gasteiger partial charge on any atom is 0.241 e. The maximum atomic E-state index is 11.8. The topological polar surface area (TPSA) is 58.8 Å². The maximum absolute atomic E-state index is 11.8. The Labute approximate surface area is 97.5 Å². The number of carbonyl (C=O) groups is 1. The van der Waals surface area contributed by atoms with Gasteiger partial charge in [0.2, 0.25) is 5.91 Å². The van der Waals surface area contributed by atoms with Gasteiger partial charge in [0.05, 0.1) is 18.8 Å². The van der Waals surface area contributed by atoms with E-state index in [1.54, 1.807) is 12.0 Å². The van der Waals surface area contributed by atoms with Gasteiger partial charge in [-0.15, -0.1) is 0 Å². The van der Waals surface area contributed by atoms with Crippen LogP contribution < -0.4 is 5.73 Å². The van der Waals surface area contributed by atoms with Crippen LogP contribution in [0.5, 0.6) is 0 Å². The van der Waals surface area contributed by atoms with E-state index in [0.29, 0.717) is 6.67 Å². The van der Waals surface area contributed by atoms with Gasteiger partial charge in [-0.2, -0.15) is 0 Å². The molecular formula is C11H23N3O2. The van der Waals surface area contributed by atoms with Crippen molar-refractivity contribution in [2.24, 2.45) is 5.73 Å². The normalized spacial score (nSPS) is 29.8. The minimum absolute atomic E-state index is 0.0113. The molecule has 2 N–H and O–H groups in total. The molecule has 0 radical (unpaired) electrons. The third-order valence-electron chi connectivity index (χ3n) is 3.17. The zero-order valence-corrected chi connectivity index (χ0v) is 10.5. The summed E-state index contributed by atoms with van der Waals surface area (Å²) < 4.78 is 5.28. The molecule has 5 nitrogen and oxygen atoms in total. The van der Waals surface area contributed by atoms with Crippen LogP contribution in [-0.4, -0.2) is 61.3 Å². The Hall–Kier alpha value is -0.650. The first-order chi connectivity index (χ1) is 7.76. The van der Waals surface area contributed by atoms with Gasteiger partial charge in [-0.25, -0.2) is 0 Å². The highest BCUT2D eigenvalue weighted by Crippen LogP contribution is 2.24. The third kappa shape index (κ3) is 2.53. The average molecular weight is 229 g/mol. The highest BCUT2D eigenvalue weighted by molar-refractivity contribution is 5.83. The molecule has 2 fully saturated rings. The van der Waals surface area contributed by atoms with Crippen molar-refractivity contribution < 1.29 is 9.53 Å². The molecule has 2 rings (SSSR count). The molecule has 0 spiro atoms. The molecule has 1 amide bonds. The van der Waals surface area contributed by atoms with Gasteiger partial charge in [0.1, 0.15) is 0 Å². The molecule has 5 heteroatoms. The van der Waals surface area contributed by atoms with Crippen LogP contribution in [0.25, 0.3) is 0 Å². The van der Waals surface area contributed by atoms with Gasteiger partial charge in [-0.1, -0.05) is 13.8 Å². The highest BCUT2D eigenvalue weighted by Gasteiger charge is 2.41. The predicted octanol–water partition coefficient (Wildman–Crippen LogP) is -0.140. The summed E-state index contributed by atoms with van der Waals surface area (Å²) in [6.45, 7) is 6.89. The first kappa shape index (κ1) is 13.4. The summed E-state index contributed by atoms with van der Waals surface area (Å²) in [5, 5.41) is 0. The SMILES string of the molecule is CC.COC1CC2C(=O)N(CN)CCN2C1. The molecule has 2 unspecified atom stereocenters. The number of carbonyl (C=O) groups excluding carboxylic acids is 1. The smallest absolute Gasteiger partial charge is 0.241 e. The lowest BCUT2D eigenvalue weighted by Gasteiger charge is -2.35. The molecule has 2 aliphatic heterocycles. The Bertz CT molecular complexity index is 235. The van der Waals surface area contributed by atoms with E-state index in [0.717, 1.165) is 26.1 Å². The summed E-state index contributed by atoms with van der Waals surface area (Å²) in [6.07, 6.45) is 1.02. The van der Waals surface area contributed by atoms with Crippen LogP contribution in [0.4, 0.5) is 0 Å². The lowest BCUT2D eigenvalue weighted by molar-refractivity contribution is -0.139. The molecule has 2 aliphatic rings. The Morgan fingerprint density at radius 3 is 2.69 bits per heavy atom. The zero-order valence-electron chi connectivity index (χ0n) is 10.5. The fraction of sp³-hybridized carbons (Fsp3) is 0.909. The first-order valence-corrected chi connectivity index (χ1v) is 6.02. The van der Waals surface area contributed by atoms with Crippen molar-refractivity contribution >= 4 is 5.91 Å². The van der Waals surface area contributed by atoms with Crippen LogP contribution >= 0.6 is 0 Å². The number of ether oxygens (including phenoxy) is 1. The number of nitrogens with two attached hydrogens (primary N) is 1. The van der Waals surface area contributed by atoms with Crippen molar-refractivity contribution in [3.63, 3.8) is 0 Å². The van der Waals surface area contributed by atoms with Crippen LogP contribution in [0.1, 0.15) is 20.3 Å². The van der Waals surface area contributed by atoms with Gasteiger partial charge in [-0.05, 0) is 6.42 Å². The van der Waals surface area contributed by atoms with E-state index in [2.05, 4.69) is 4.90 Å². The van der Waals surface area contributed by atoms with E-state index in [1.165, 1.54) is 0 Å². The molecule has 2 atom stereocenters. The summed E-state index contributed by atoms with van der Waals surface area (Å²) >= 11 is 0.